The minimum atomic E-state index is -4.74. The minimum absolute atomic E-state index is 0.349. The number of carbonyl (C=O) groups excluding carboxylic acids is 1. The van der Waals surface area contributed by atoms with Gasteiger partial charge in [0.05, 0.1) is 0 Å². The first-order chi connectivity index (χ1) is 9.85. The molecule has 9 heteroatoms. The molecule has 1 atom stereocenters. The third kappa shape index (κ3) is 4.20. The van der Waals surface area contributed by atoms with Crippen LogP contribution in [0.15, 0.2) is 36.9 Å². The molecule has 6 nitrogen and oxygen atoms in total. The lowest BCUT2D eigenvalue weighted by Gasteiger charge is -2.13. The highest BCUT2D eigenvalue weighted by molar-refractivity contribution is 5.93. The van der Waals surface area contributed by atoms with E-state index in [1.807, 2.05) is 0 Å². The molecule has 0 radical (unpaired) electrons. The van der Waals surface area contributed by atoms with Gasteiger partial charge in [-0.3, -0.25) is 4.79 Å². The number of anilines is 1. The molecule has 0 saturated carbocycles. The van der Waals surface area contributed by atoms with Gasteiger partial charge >= 0.3 is 6.36 Å². The molecule has 0 aliphatic heterocycles. The maximum Gasteiger partial charge on any atom is 0.573 e. The topological polar surface area (TPSA) is 69.0 Å². The zero-order valence-electron chi connectivity index (χ0n) is 10.8. The number of carbonyl (C=O) groups is 1. The number of rotatable bonds is 4. The highest BCUT2D eigenvalue weighted by Gasteiger charge is 2.31. The summed E-state index contributed by atoms with van der Waals surface area (Å²) >= 11 is 0. The molecule has 21 heavy (non-hydrogen) atoms. The molecule has 1 heterocycles. The summed E-state index contributed by atoms with van der Waals surface area (Å²) in [5, 5.41) is 6.39. The molecule has 112 valence electrons. The quantitative estimate of drug-likeness (QED) is 0.941. The second-order valence-corrected chi connectivity index (χ2v) is 4.11. The molecule has 0 bridgehead atoms. The first kappa shape index (κ1) is 14.8. The normalized spacial score (nSPS) is 12.8. The van der Waals surface area contributed by atoms with Crippen molar-refractivity contribution in [1.82, 2.24) is 14.8 Å². The lowest BCUT2D eigenvalue weighted by atomic mass is 10.2. The van der Waals surface area contributed by atoms with Crippen molar-refractivity contribution in [2.45, 2.75) is 19.3 Å². The van der Waals surface area contributed by atoms with Crippen molar-refractivity contribution in [1.29, 1.82) is 0 Å². The number of ether oxygens (including phenoxy) is 1. The highest BCUT2D eigenvalue weighted by atomic mass is 19.4. The summed E-state index contributed by atoms with van der Waals surface area (Å²) in [5.74, 6) is -0.727. The van der Waals surface area contributed by atoms with Gasteiger partial charge in [0.25, 0.3) is 0 Å². The van der Waals surface area contributed by atoms with E-state index in [2.05, 4.69) is 20.1 Å². The van der Waals surface area contributed by atoms with Crippen molar-refractivity contribution >= 4 is 11.6 Å². The van der Waals surface area contributed by atoms with Crippen molar-refractivity contribution in [3.05, 3.63) is 36.9 Å². The number of nitrogens with zero attached hydrogens (tertiary/aromatic N) is 3. The number of alkyl halides is 3. The van der Waals surface area contributed by atoms with Gasteiger partial charge < -0.3 is 10.1 Å². The van der Waals surface area contributed by atoms with Crippen LogP contribution in [0.1, 0.15) is 13.0 Å². The van der Waals surface area contributed by atoms with E-state index in [1.165, 1.54) is 29.5 Å². The molecular formula is C12H11F3N4O2. The van der Waals surface area contributed by atoms with Gasteiger partial charge in [0.2, 0.25) is 5.91 Å². The Morgan fingerprint density at radius 3 is 2.52 bits per heavy atom. The number of hydrogen-bond acceptors (Lipinski definition) is 4. The highest BCUT2D eigenvalue weighted by Crippen LogP contribution is 2.24. The molecule has 0 spiro atoms. The summed E-state index contributed by atoms with van der Waals surface area (Å²) in [6.45, 7) is 1.62. The first-order valence-electron chi connectivity index (χ1n) is 5.86. The fourth-order valence-electron chi connectivity index (χ4n) is 1.52. The van der Waals surface area contributed by atoms with Crippen LogP contribution >= 0.6 is 0 Å². The van der Waals surface area contributed by atoms with Crippen molar-refractivity contribution in [2.24, 2.45) is 0 Å². The van der Waals surface area contributed by atoms with Crippen LogP contribution < -0.4 is 10.1 Å². The second kappa shape index (κ2) is 5.81. The zero-order chi connectivity index (χ0) is 15.5. The zero-order valence-corrected chi connectivity index (χ0v) is 10.8. The summed E-state index contributed by atoms with van der Waals surface area (Å²) in [5.41, 5.74) is 0.349. The van der Waals surface area contributed by atoms with E-state index >= 15 is 0 Å². The molecular weight excluding hydrogens is 289 g/mol. The predicted molar refractivity (Wildman–Crippen MR) is 66.5 cm³/mol. The summed E-state index contributed by atoms with van der Waals surface area (Å²) in [6, 6.07) is 4.26. The molecule has 0 aliphatic rings. The standard InChI is InChI=1S/C12H11F3N4O2/c1-8(19-7-16-6-17-19)11(20)18-9-2-4-10(5-3-9)21-12(13,14)15/h2-8H,1H3,(H,18,20)/t8-/m1/s1. The SMILES string of the molecule is C[C@H](C(=O)Nc1ccc(OC(F)(F)F)cc1)n1cncn1. The Morgan fingerprint density at radius 1 is 1.33 bits per heavy atom. The van der Waals surface area contributed by atoms with Gasteiger partial charge in [-0.05, 0) is 31.2 Å². The Hall–Kier alpha value is -2.58. The number of aromatic nitrogens is 3. The Kier molecular flexibility index (Phi) is 4.10. The van der Waals surface area contributed by atoms with Gasteiger partial charge in [-0.25, -0.2) is 9.67 Å². The van der Waals surface area contributed by atoms with Crippen LogP contribution in [0.4, 0.5) is 18.9 Å². The average molecular weight is 300 g/mol. The molecule has 0 aliphatic carbocycles. The van der Waals surface area contributed by atoms with Gasteiger partial charge in [0.1, 0.15) is 24.4 Å². The average Bonchev–Trinajstić information content (AvgIpc) is 2.92. The van der Waals surface area contributed by atoms with Crippen molar-refractivity contribution in [2.75, 3.05) is 5.32 Å². The Labute approximate surface area is 117 Å². The van der Waals surface area contributed by atoms with E-state index in [9.17, 15) is 18.0 Å². The molecule has 2 rings (SSSR count). The van der Waals surface area contributed by atoms with Crippen LogP contribution in [-0.4, -0.2) is 27.0 Å². The number of nitrogens with one attached hydrogen (secondary N) is 1. The van der Waals surface area contributed by atoms with Crippen molar-refractivity contribution < 1.29 is 22.7 Å². The predicted octanol–water partition coefficient (Wildman–Crippen LogP) is 2.38. The summed E-state index contributed by atoms with van der Waals surface area (Å²) in [6.07, 6.45) is -2.05. The largest absolute Gasteiger partial charge is 0.573 e. The summed E-state index contributed by atoms with van der Waals surface area (Å²) in [4.78, 5) is 15.6. The number of amides is 1. The van der Waals surface area contributed by atoms with Gasteiger partial charge in [-0.1, -0.05) is 0 Å². The van der Waals surface area contributed by atoms with E-state index in [0.29, 0.717) is 5.69 Å². The molecule has 1 aromatic heterocycles. The van der Waals surface area contributed by atoms with E-state index < -0.39 is 12.4 Å². The second-order valence-electron chi connectivity index (χ2n) is 4.11. The number of halogens is 3. The third-order valence-corrected chi connectivity index (χ3v) is 2.57. The van der Waals surface area contributed by atoms with Crippen LogP contribution in [0.5, 0.6) is 5.75 Å². The van der Waals surface area contributed by atoms with Crippen molar-refractivity contribution in [3.8, 4) is 5.75 Å². The minimum Gasteiger partial charge on any atom is -0.406 e. The van der Waals surface area contributed by atoms with E-state index in [1.54, 1.807) is 6.92 Å². The molecule has 0 fully saturated rings. The van der Waals surface area contributed by atoms with E-state index in [-0.39, 0.29) is 11.7 Å². The molecule has 1 aromatic carbocycles. The van der Waals surface area contributed by atoms with Crippen molar-refractivity contribution in [3.63, 3.8) is 0 Å². The Balaban J connectivity index is 1.98. The first-order valence-corrected chi connectivity index (χ1v) is 5.86. The number of benzene rings is 1. The van der Waals surface area contributed by atoms with Crippen LogP contribution in [0.3, 0.4) is 0 Å². The lowest BCUT2D eigenvalue weighted by Crippen LogP contribution is -2.24. The molecule has 0 unspecified atom stereocenters. The summed E-state index contributed by atoms with van der Waals surface area (Å²) in [7, 11) is 0. The molecule has 1 amide bonds. The Morgan fingerprint density at radius 2 is 2.00 bits per heavy atom. The van der Waals surface area contributed by atoms with E-state index in [0.717, 1.165) is 12.1 Å². The Bertz CT molecular complexity index is 596. The molecule has 0 saturated heterocycles. The van der Waals surface area contributed by atoms with Crippen LogP contribution in [0, 0.1) is 0 Å². The van der Waals surface area contributed by atoms with Crippen LogP contribution in [0.25, 0.3) is 0 Å². The van der Waals surface area contributed by atoms with E-state index in [4.69, 9.17) is 0 Å². The molecule has 1 N–H and O–H groups in total. The smallest absolute Gasteiger partial charge is 0.406 e. The fourth-order valence-corrected chi connectivity index (χ4v) is 1.52. The number of hydrogen-bond donors (Lipinski definition) is 1. The van der Waals surface area contributed by atoms with Crippen LogP contribution in [0.2, 0.25) is 0 Å². The third-order valence-electron chi connectivity index (χ3n) is 2.57. The maximum absolute atomic E-state index is 12.0. The van der Waals surface area contributed by atoms with Gasteiger partial charge in [-0.2, -0.15) is 5.10 Å². The summed E-state index contributed by atoms with van der Waals surface area (Å²) < 4.78 is 41.1. The monoisotopic (exact) mass is 300 g/mol. The lowest BCUT2D eigenvalue weighted by molar-refractivity contribution is -0.274. The van der Waals surface area contributed by atoms with Gasteiger partial charge in [0, 0.05) is 5.69 Å². The molecule has 2 aromatic rings. The van der Waals surface area contributed by atoms with Crippen LogP contribution in [-0.2, 0) is 4.79 Å². The van der Waals surface area contributed by atoms with Gasteiger partial charge in [0.15, 0.2) is 0 Å². The maximum atomic E-state index is 12.0. The van der Waals surface area contributed by atoms with Gasteiger partial charge in [-0.15, -0.1) is 13.2 Å². The fraction of sp³-hybridized carbons (Fsp3) is 0.250.